The van der Waals surface area contributed by atoms with Crippen LogP contribution in [0.25, 0.3) is 0 Å². The van der Waals surface area contributed by atoms with Gasteiger partial charge in [0.2, 0.25) is 9.84 Å². The van der Waals surface area contributed by atoms with Crippen molar-refractivity contribution in [3.63, 3.8) is 0 Å². The molecule has 0 spiro atoms. The standard InChI is InChI=1S/C14H15N3O5S2/c1-7-10(4-3-5-16-7)24(21,22)11-6-9(12(15)19)14(23-11)17-13(20)8(2)18/h3-6,8,18H,1-2H3,(H2,15,19)(H,17,20). The smallest absolute Gasteiger partial charge is 0.253 e. The van der Waals surface area contributed by atoms with E-state index in [2.05, 4.69) is 10.3 Å². The second kappa shape index (κ2) is 6.67. The molecular formula is C14H15N3O5S2. The molecule has 10 heteroatoms. The minimum Gasteiger partial charge on any atom is -0.384 e. The summed E-state index contributed by atoms with van der Waals surface area (Å²) in [6.07, 6.45) is 0.139. The largest absolute Gasteiger partial charge is 0.384 e. The van der Waals surface area contributed by atoms with Crippen LogP contribution in [-0.4, -0.2) is 36.4 Å². The SMILES string of the molecule is Cc1ncccc1S(=O)(=O)c1cc(C(N)=O)c(NC(=O)C(C)O)s1. The summed E-state index contributed by atoms with van der Waals surface area (Å²) in [5.41, 5.74) is 5.40. The quantitative estimate of drug-likeness (QED) is 0.709. The summed E-state index contributed by atoms with van der Waals surface area (Å²) in [6, 6.07) is 3.99. The van der Waals surface area contributed by atoms with Crippen molar-refractivity contribution in [2.75, 3.05) is 5.32 Å². The zero-order valence-electron chi connectivity index (χ0n) is 12.8. The van der Waals surface area contributed by atoms with Gasteiger partial charge in [0.15, 0.2) is 0 Å². The second-order valence-electron chi connectivity index (χ2n) is 4.93. The summed E-state index contributed by atoms with van der Waals surface area (Å²) < 4.78 is 25.3. The monoisotopic (exact) mass is 369 g/mol. The number of primary amides is 1. The van der Waals surface area contributed by atoms with Crippen molar-refractivity contribution in [1.29, 1.82) is 0 Å². The van der Waals surface area contributed by atoms with Gasteiger partial charge in [-0.05, 0) is 32.0 Å². The third-order valence-electron chi connectivity index (χ3n) is 3.10. The van der Waals surface area contributed by atoms with Gasteiger partial charge in [-0.3, -0.25) is 14.6 Å². The van der Waals surface area contributed by atoms with Gasteiger partial charge >= 0.3 is 0 Å². The molecule has 0 fully saturated rings. The highest BCUT2D eigenvalue weighted by molar-refractivity contribution is 7.93. The van der Waals surface area contributed by atoms with Gasteiger partial charge in [0, 0.05) is 6.20 Å². The van der Waals surface area contributed by atoms with Crippen LogP contribution in [0.2, 0.25) is 0 Å². The molecule has 0 aliphatic carbocycles. The Hall–Kier alpha value is -2.30. The van der Waals surface area contributed by atoms with Crippen LogP contribution in [0.5, 0.6) is 0 Å². The molecule has 0 aliphatic rings. The maximum atomic E-state index is 12.7. The van der Waals surface area contributed by atoms with Crippen molar-refractivity contribution in [2.24, 2.45) is 5.73 Å². The number of hydrogen-bond acceptors (Lipinski definition) is 7. The number of aromatic nitrogens is 1. The fraction of sp³-hybridized carbons (Fsp3) is 0.214. The van der Waals surface area contributed by atoms with E-state index >= 15 is 0 Å². The fourth-order valence-corrected chi connectivity index (χ4v) is 4.80. The number of aryl methyl sites for hydroxylation is 1. The molecule has 2 amide bonds. The molecule has 8 nitrogen and oxygen atoms in total. The summed E-state index contributed by atoms with van der Waals surface area (Å²) in [6.45, 7) is 2.79. The summed E-state index contributed by atoms with van der Waals surface area (Å²) >= 11 is 0.684. The van der Waals surface area contributed by atoms with E-state index < -0.39 is 27.8 Å². The van der Waals surface area contributed by atoms with E-state index in [0.717, 1.165) is 6.07 Å². The van der Waals surface area contributed by atoms with Crippen LogP contribution in [0.4, 0.5) is 5.00 Å². The summed E-state index contributed by atoms with van der Waals surface area (Å²) in [4.78, 5) is 27.1. The average Bonchev–Trinajstić information content (AvgIpc) is 2.92. The third-order valence-corrected chi connectivity index (χ3v) is 6.52. The lowest BCUT2D eigenvalue weighted by Gasteiger charge is -2.06. The van der Waals surface area contributed by atoms with E-state index in [-0.39, 0.29) is 19.7 Å². The number of hydrogen-bond donors (Lipinski definition) is 3. The second-order valence-corrected chi connectivity index (χ2v) is 8.13. The molecule has 2 rings (SSSR count). The molecule has 1 unspecified atom stereocenters. The molecular weight excluding hydrogens is 354 g/mol. The minimum absolute atomic E-state index is 0.00401. The number of aliphatic hydroxyl groups excluding tert-OH is 1. The van der Waals surface area contributed by atoms with Crippen molar-refractivity contribution in [2.45, 2.75) is 29.1 Å². The molecule has 0 aliphatic heterocycles. The van der Waals surface area contributed by atoms with E-state index in [1.165, 1.54) is 25.3 Å². The minimum atomic E-state index is -3.93. The number of nitrogens with zero attached hydrogens (tertiary/aromatic N) is 1. The first-order valence-corrected chi connectivity index (χ1v) is 9.04. The number of carbonyl (C=O) groups excluding carboxylic acids is 2. The Balaban J connectivity index is 2.54. The first-order chi connectivity index (χ1) is 11.1. The Morgan fingerprint density at radius 1 is 1.42 bits per heavy atom. The number of sulfone groups is 1. The number of anilines is 1. The van der Waals surface area contributed by atoms with E-state index in [9.17, 15) is 23.1 Å². The first kappa shape index (κ1) is 18.0. The number of nitrogens with one attached hydrogen (secondary N) is 1. The van der Waals surface area contributed by atoms with E-state index in [4.69, 9.17) is 5.73 Å². The highest BCUT2D eigenvalue weighted by Gasteiger charge is 2.27. The van der Waals surface area contributed by atoms with Crippen LogP contribution >= 0.6 is 11.3 Å². The molecule has 128 valence electrons. The lowest BCUT2D eigenvalue weighted by molar-refractivity contribution is -0.123. The van der Waals surface area contributed by atoms with Crippen LogP contribution < -0.4 is 11.1 Å². The average molecular weight is 369 g/mol. The molecule has 24 heavy (non-hydrogen) atoms. The predicted octanol–water partition coefficient (Wildman–Crippen LogP) is 0.703. The zero-order chi connectivity index (χ0) is 18.1. The van der Waals surface area contributed by atoms with Gasteiger partial charge in [-0.1, -0.05) is 0 Å². The van der Waals surface area contributed by atoms with Crippen LogP contribution in [0.1, 0.15) is 23.0 Å². The molecule has 1 atom stereocenters. The summed E-state index contributed by atoms with van der Waals surface area (Å²) in [5, 5.41) is 11.5. The molecule has 2 heterocycles. The number of aliphatic hydroxyl groups is 1. The van der Waals surface area contributed by atoms with Gasteiger partial charge in [0.25, 0.3) is 11.8 Å². The molecule has 0 aromatic carbocycles. The van der Waals surface area contributed by atoms with Gasteiger partial charge in [-0.25, -0.2) is 8.42 Å². The van der Waals surface area contributed by atoms with Crippen molar-refractivity contribution in [3.05, 3.63) is 35.7 Å². The Morgan fingerprint density at radius 2 is 2.08 bits per heavy atom. The lowest BCUT2D eigenvalue weighted by atomic mass is 10.3. The van der Waals surface area contributed by atoms with Crippen molar-refractivity contribution in [3.8, 4) is 0 Å². The fourth-order valence-electron chi connectivity index (χ4n) is 1.85. The predicted molar refractivity (Wildman–Crippen MR) is 87.6 cm³/mol. The van der Waals surface area contributed by atoms with Gasteiger partial charge in [-0.15, -0.1) is 11.3 Å². The number of amides is 2. The maximum absolute atomic E-state index is 12.7. The van der Waals surface area contributed by atoms with Gasteiger partial charge in [0.05, 0.1) is 16.2 Å². The van der Waals surface area contributed by atoms with Gasteiger partial charge in [0.1, 0.15) is 15.3 Å². The topological polar surface area (TPSA) is 139 Å². The number of rotatable bonds is 5. The normalized spacial score (nSPS) is 12.6. The molecule has 0 saturated heterocycles. The molecule has 0 bridgehead atoms. The molecule has 2 aromatic heterocycles. The number of carbonyl (C=O) groups is 2. The molecule has 0 radical (unpaired) electrons. The Morgan fingerprint density at radius 3 is 2.62 bits per heavy atom. The van der Waals surface area contributed by atoms with Crippen LogP contribution in [0.15, 0.2) is 33.5 Å². The molecule has 2 aromatic rings. The first-order valence-electron chi connectivity index (χ1n) is 6.74. The van der Waals surface area contributed by atoms with Crippen molar-refractivity contribution < 1.29 is 23.1 Å². The zero-order valence-corrected chi connectivity index (χ0v) is 14.4. The number of pyridine rings is 1. The van der Waals surface area contributed by atoms with Crippen molar-refractivity contribution >= 4 is 38.0 Å². The maximum Gasteiger partial charge on any atom is 0.253 e. The highest BCUT2D eigenvalue weighted by Crippen LogP contribution is 2.35. The third kappa shape index (κ3) is 3.45. The van der Waals surface area contributed by atoms with E-state index in [0.29, 0.717) is 17.0 Å². The number of thiophene rings is 1. The summed E-state index contributed by atoms with van der Waals surface area (Å²) in [5.74, 6) is -1.67. The summed E-state index contributed by atoms with van der Waals surface area (Å²) in [7, 11) is -3.93. The van der Waals surface area contributed by atoms with Gasteiger partial charge in [-0.2, -0.15) is 0 Å². The van der Waals surface area contributed by atoms with E-state index in [1.54, 1.807) is 6.92 Å². The highest BCUT2D eigenvalue weighted by atomic mass is 32.2. The van der Waals surface area contributed by atoms with Crippen LogP contribution in [-0.2, 0) is 14.6 Å². The van der Waals surface area contributed by atoms with Crippen LogP contribution in [0.3, 0.4) is 0 Å². The Bertz CT molecular complexity index is 903. The van der Waals surface area contributed by atoms with Gasteiger partial charge < -0.3 is 16.2 Å². The van der Waals surface area contributed by atoms with Crippen molar-refractivity contribution in [1.82, 2.24) is 4.98 Å². The molecule has 0 saturated carbocycles. The Kier molecular flexibility index (Phi) is 5.02. The number of nitrogens with two attached hydrogens (primary N) is 1. The van der Waals surface area contributed by atoms with Crippen LogP contribution in [0, 0.1) is 6.92 Å². The van der Waals surface area contributed by atoms with E-state index in [1.807, 2.05) is 0 Å². The lowest BCUT2D eigenvalue weighted by Crippen LogP contribution is -2.25. The Labute approximate surface area is 142 Å². The molecule has 4 N–H and O–H groups in total.